The number of ether oxygens (including phenoxy) is 2. The van der Waals surface area contributed by atoms with Crippen LogP contribution in [0.1, 0.15) is 29.8 Å². The molecule has 0 heterocycles. The minimum atomic E-state index is -0.767. The van der Waals surface area contributed by atoms with Crippen molar-refractivity contribution in [3.05, 3.63) is 57.6 Å². The first-order chi connectivity index (χ1) is 13.9. The van der Waals surface area contributed by atoms with E-state index < -0.39 is 22.4 Å². The summed E-state index contributed by atoms with van der Waals surface area (Å²) in [5.41, 5.74) is 0.947. The molecular formula is C20H23N3O6. The van der Waals surface area contributed by atoms with E-state index in [1.807, 2.05) is 19.1 Å². The molecule has 0 radical (unpaired) electrons. The molecule has 0 saturated heterocycles. The molecule has 0 spiro atoms. The maximum absolute atomic E-state index is 12.5. The molecule has 0 aliphatic heterocycles. The van der Waals surface area contributed by atoms with Gasteiger partial charge in [0.25, 0.3) is 11.6 Å². The number of anilines is 1. The Morgan fingerprint density at radius 3 is 2.48 bits per heavy atom. The fourth-order valence-corrected chi connectivity index (χ4v) is 2.71. The topological polar surface area (TPSA) is 120 Å². The minimum Gasteiger partial charge on any atom is -0.493 e. The van der Waals surface area contributed by atoms with Crippen LogP contribution in [0.5, 0.6) is 11.5 Å². The first kappa shape index (κ1) is 21.7. The zero-order chi connectivity index (χ0) is 21.4. The molecule has 154 valence electrons. The lowest BCUT2D eigenvalue weighted by Gasteiger charge is -2.12. The molecule has 2 aromatic carbocycles. The predicted molar refractivity (Wildman–Crippen MR) is 108 cm³/mol. The standard InChI is InChI=1S/C20H23N3O6/c1-4-13-8-6-7-9-15(13)22-19(24)12-21-20(25)14-10-17(28-3)18(29-5-2)11-16(14)23(26)27/h6-11H,4-5,12H2,1-3H3,(H,21,25)(H,22,24). The molecule has 0 saturated carbocycles. The molecular weight excluding hydrogens is 378 g/mol. The van der Waals surface area contributed by atoms with Crippen molar-refractivity contribution in [2.24, 2.45) is 0 Å². The van der Waals surface area contributed by atoms with Crippen LogP contribution in [-0.4, -0.2) is 37.0 Å². The number of nitrogens with zero attached hydrogens (tertiary/aromatic N) is 1. The third-order valence-corrected chi connectivity index (χ3v) is 4.10. The number of carbonyl (C=O) groups excluding carboxylic acids is 2. The highest BCUT2D eigenvalue weighted by atomic mass is 16.6. The molecule has 0 bridgehead atoms. The lowest BCUT2D eigenvalue weighted by Crippen LogP contribution is -2.33. The van der Waals surface area contributed by atoms with Crippen LogP contribution in [0.15, 0.2) is 36.4 Å². The fourth-order valence-electron chi connectivity index (χ4n) is 2.71. The maximum atomic E-state index is 12.5. The molecule has 0 aliphatic rings. The molecule has 0 unspecified atom stereocenters. The quantitative estimate of drug-likeness (QED) is 0.492. The number of hydrogen-bond acceptors (Lipinski definition) is 6. The first-order valence-corrected chi connectivity index (χ1v) is 9.06. The summed E-state index contributed by atoms with van der Waals surface area (Å²) in [4.78, 5) is 35.4. The summed E-state index contributed by atoms with van der Waals surface area (Å²) in [5, 5.41) is 16.5. The van der Waals surface area contributed by atoms with Gasteiger partial charge >= 0.3 is 0 Å². The van der Waals surface area contributed by atoms with Crippen molar-refractivity contribution in [2.75, 3.05) is 25.6 Å². The molecule has 0 atom stereocenters. The number of rotatable bonds is 9. The van der Waals surface area contributed by atoms with Gasteiger partial charge in [-0.3, -0.25) is 19.7 Å². The van der Waals surface area contributed by atoms with Crippen LogP contribution < -0.4 is 20.1 Å². The Hall–Kier alpha value is -3.62. The number of nitrogens with one attached hydrogen (secondary N) is 2. The van der Waals surface area contributed by atoms with E-state index in [2.05, 4.69) is 10.6 Å². The minimum absolute atomic E-state index is 0.159. The monoisotopic (exact) mass is 401 g/mol. The Labute approximate surface area is 168 Å². The van der Waals surface area contributed by atoms with Crippen molar-refractivity contribution in [1.29, 1.82) is 0 Å². The molecule has 9 heteroatoms. The second kappa shape index (κ2) is 10.1. The predicted octanol–water partition coefficient (Wildman–Crippen LogP) is 2.93. The average Bonchev–Trinajstić information content (AvgIpc) is 2.72. The van der Waals surface area contributed by atoms with Crippen molar-refractivity contribution in [2.45, 2.75) is 20.3 Å². The van der Waals surface area contributed by atoms with E-state index in [1.165, 1.54) is 13.2 Å². The van der Waals surface area contributed by atoms with Gasteiger partial charge in [-0.05, 0) is 25.0 Å². The van der Waals surface area contributed by atoms with Crippen molar-refractivity contribution in [3.8, 4) is 11.5 Å². The van der Waals surface area contributed by atoms with Crippen LogP contribution in [0, 0.1) is 10.1 Å². The van der Waals surface area contributed by atoms with Crippen molar-refractivity contribution < 1.29 is 24.0 Å². The van der Waals surface area contributed by atoms with E-state index in [1.54, 1.807) is 19.1 Å². The second-order valence-electron chi connectivity index (χ2n) is 5.95. The number of nitro groups is 1. The van der Waals surface area contributed by atoms with Gasteiger partial charge in [0.05, 0.1) is 31.3 Å². The summed E-state index contributed by atoms with van der Waals surface area (Å²) in [6.07, 6.45) is 0.737. The van der Waals surface area contributed by atoms with Crippen LogP contribution in [0.2, 0.25) is 0 Å². The van der Waals surface area contributed by atoms with Gasteiger partial charge in [-0.25, -0.2) is 0 Å². The van der Waals surface area contributed by atoms with Gasteiger partial charge in [0.2, 0.25) is 5.91 Å². The zero-order valence-corrected chi connectivity index (χ0v) is 16.5. The van der Waals surface area contributed by atoms with Gasteiger partial charge in [0, 0.05) is 11.8 Å². The summed E-state index contributed by atoms with van der Waals surface area (Å²) in [5.74, 6) is -0.868. The molecule has 2 amide bonds. The first-order valence-electron chi connectivity index (χ1n) is 9.06. The average molecular weight is 401 g/mol. The molecule has 9 nitrogen and oxygen atoms in total. The third kappa shape index (κ3) is 5.44. The Kier molecular flexibility index (Phi) is 7.53. The maximum Gasteiger partial charge on any atom is 0.286 e. The molecule has 0 aliphatic carbocycles. The number of carbonyl (C=O) groups is 2. The van der Waals surface area contributed by atoms with E-state index in [0.717, 1.165) is 18.1 Å². The van der Waals surface area contributed by atoms with Gasteiger partial charge in [-0.15, -0.1) is 0 Å². The summed E-state index contributed by atoms with van der Waals surface area (Å²) < 4.78 is 10.5. The van der Waals surface area contributed by atoms with Crippen LogP contribution in [0.25, 0.3) is 0 Å². The molecule has 2 N–H and O–H groups in total. The highest BCUT2D eigenvalue weighted by molar-refractivity contribution is 6.02. The van der Waals surface area contributed by atoms with Gasteiger partial charge in [-0.2, -0.15) is 0 Å². The fraction of sp³-hybridized carbons (Fsp3) is 0.300. The largest absolute Gasteiger partial charge is 0.493 e. The number of hydrogen-bond donors (Lipinski definition) is 2. The van der Waals surface area contributed by atoms with E-state index in [0.29, 0.717) is 5.69 Å². The molecule has 0 fully saturated rings. The molecule has 29 heavy (non-hydrogen) atoms. The molecule has 0 aromatic heterocycles. The number of para-hydroxylation sites is 1. The summed E-state index contributed by atoms with van der Waals surface area (Å²) >= 11 is 0. The van der Waals surface area contributed by atoms with Gasteiger partial charge in [-0.1, -0.05) is 25.1 Å². The lowest BCUT2D eigenvalue weighted by molar-refractivity contribution is -0.385. The number of amides is 2. The van der Waals surface area contributed by atoms with Gasteiger partial charge in [0.15, 0.2) is 11.5 Å². The Morgan fingerprint density at radius 1 is 1.14 bits per heavy atom. The van der Waals surface area contributed by atoms with E-state index in [-0.39, 0.29) is 30.2 Å². The summed E-state index contributed by atoms with van der Waals surface area (Å²) in [6.45, 7) is 3.62. The SMILES string of the molecule is CCOc1cc([N+](=O)[O-])c(C(=O)NCC(=O)Nc2ccccc2CC)cc1OC. The van der Waals surface area contributed by atoms with Gasteiger partial charge in [0.1, 0.15) is 5.56 Å². The zero-order valence-electron chi connectivity index (χ0n) is 16.5. The second-order valence-corrected chi connectivity index (χ2v) is 5.95. The Balaban J connectivity index is 2.15. The van der Waals surface area contributed by atoms with Crippen LogP contribution in [0.3, 0.4) is 0 Å². The molecule has 2 aromatic rings. The summed E-state index contributed by atoms with van der Waals surface area (Å²) in [6, 6.07) is 9.68. The normalized spacial score (nSPS) is 10.2. The lowest BCUT2D eigenvalue weighted by atomic mass is 10.1. The van der Waals surface area contributed by atoms with E-state index >= 15 is 0 Å². The van der Waals surface area contributed by atoms with Gasteiger partial charge < -0.3 is 20.1 Å². The summed E-state index contributed by atoms with van der Waals surface area (Å²) in [7, 11) is 1.37. The van der Waals surface area contributed by atoms with Crippen molar-refractivity contribution >= 4 is 23.2 Å². The Bertz CT molecular complexity index is 913. The molecule has 2 rings (SSSR count). The number of methoxy groups -OCH3 is 1. The van der Waals surface area contributed by atoms with E-state index in [9.17, 15) is 19.7 Å². The number of nitro benzene ring substituents is 1. The van der Waals surface area contributed by atoms with E-state index in [4.69, 9.17) is 9.47 Å². The van der Waals surface area contributed by atoms with Crippen LogP contribution in [0.4, 0.5) is 11.4 Å². The van der Waals surface area contributed by atoms with Crippen molar-refractivity contribution in [3.63, 3.8) is 0 Å². The number of aryl methyl sites for hydroxylation is 1. The van der Waals surface area contributed by atoms with Crippen LogP contribution >= 0.6 is 0 Å². The van der Waals surface area contributed by atoms with Crippen molar-refractivity contribution in [1.82, 2.24) is 5.32 Å². The third-order valence-electron chi connectivity index (χ3n) is 4.10. The highest BCUT2D eigenvalue weighted by Gasteiger charge is 2.25. The number of benzene rings is 2. The van der Waals surface area contributed by atoms with Crippen LogP contribution in [-0.2, 0) is 11.2 Å². The highest BCUT2D eigenvalue weighted by Crippen LogP contribution is 2.34. The smallest absolute Gasteiger partial charge is 0.286 e. The Morgan fingerprint density at radius 2 is 1.86 bits per heavy atom.